The second kappa shape index (κ2) is 7.19. The Bertz CT molecular complexity index is 815. The summed E-state index contributed by atoms with van der Waals surface area (Å²) < 4.78 is 16.1. The van der Waals surface area contributed by atoms with Crippen molar-refractivity contribution in [2.75, 3.05) is 6.54 Å². The Labute approximate surface area is 153 Å². The first-order valence-corrected chi connectivity index (χ1v) is 9.34. The van der Waals surface area contributed by atoms with Gasteiger partial charge in [0, 0.05) is 17.8 Å². The lowest BCUT2D eigenvalue weighted by Gasteiger charge is -2.31. The van der Waals surface area contributed by atoms with Gasteiger partial charge in [-0.25, -0.2) is 9.07 Å². The monoisotopic (exact) mass is 358 g/mol. The van der Waals surface area contributed by atoms with E-state index in [1.165, 1.54) is 6.07 Å². The van der Waals surface area contributed by atoms with Crippen LogP contribution in [0.25, 0.3) is 5.69 Å². The topological polar surface area (TPSA) is 72.9 Å². The molecule has 1 aromatic heterocycles. The van der Waals surface area contributed by atoms with E-state index in [1.807, 2.05) is 26.8 Å². The summed E-state index contributed by atoms with van der Waals surface area (Å²) >= 11 is 0. The third-order valence-electron chi connectivity index (χ3n) is 5.60. The standard InChI is InChI=1S/C20H27FN4O/c1-4-20(5-2,12-22)23-19(26)18-14-7-6-8-16(14)25(24-18)17-10-9-13(3)11-15(17)21/h9-11H,4-8,12,22H2,1-3H3,(H,23,26). The first-order valence-electron chi connectivity index (χ1n) is 9.34. The van der Waals surface area contributed by atoms with Gasteiger partial charge in [-0.3, -0.25) is 4.79 Å². The number of rotatable bonds is 6. The molecule has 0 saturated heterocycles. The molecule has 0 aliphatic heterocycles. The molecular formula is C20H27FN4O. The molecule has 0 radical (unpaired) electrons. The first-order chi connectivity index (χ1) is 12.4. The minimum absolute atomic E-state index is 0.219. The maximum Gasteiger partial charge on any atom is 0.272 e. The van der Waals surface area contributed by atoms with E-state index in [-0.39, 0.29) is 11.7 Å². The molecule has 1 heterocycles. The van der Waals surface area contributed by atoms with Gasteiger partial charge in [0.1, 0.15) is 11.5 Å². The molecule has 26 heavy (non-hydrogen) atoms. The molecule has 1 aromatic carbocycles. The highest BCUT2D eigenvalue weighted by Gasteiger charge is 2.32. The molecule has 0 fully saturated rings. The molecule has 0 saturated carbocycles. The molecule has 1 amide bonds. The van der Waals surface area contributed by atoms with E-state index in [2.05, 4.69) is 10.4 Å². The van der Waals surface area contributed by atoms with Crippen molar-refractivity contribution >= 4 is 5.91 Å². The number of aromatic nitrogens is 2. The van der Waals surface area contributed by atoms with Gasteiger partial charge in [0.25, 0.3) is 5.91 Å². The number of hydrogen-bond acceptors (Lipinski definition) is 3. The largest absolute Gasteiger partial charge is 0.344 e. The van der Waals surface area contributed by atoms with Crippen LogP contribution in [0.3, 0.4) is 0 Å². The summed E-state index contributed by atoms with van der Waals surface area (Å²) in [5, 5.41) is 7.58. The Morgan fingerprint density at radius 2 is 2.08 bits per heavy atom. The van der Waals surface area contributed by atoms with Gasteiger partial charge in [-0.15, -0.1) is 0 Å². The molecule has 0 unspecified atom stereocenters. The predicted octanol–water partition coefficient (Wildman–Crippen LogP) is 3.06. The number of nitrogens with one attached hydrogen (secondary N) is 1. The van der Waals surface area contributed by atoms with Crippen LogP contribution in [0.15, 0.2) is 18.2 Å². The number of hydrogen-bond donors (Lipinski definition) is 2. The smallest absolute Gasteiger partial charge is 0.272 e. The van der Waals surface area contributed by atoms with E-state index in [0.29, 0.717) is 17.9 Å². The number of nitrogens with zero attached hydrogens (tertiary/aromatic N) is 2. The van der Waals surface area contributed by atoms with Crippen LogP contribution in [-0.2, 0) is 12.8 Å². The summed E-state index contributed by atoms with van der Waals surface area (Å²) in [5.41, 5.74) is 8.99. The maximum atomic E-state index is 14.5. The van der Waals surface area contributed by atoms with E-state index in [0.717, 1.165) is 48.9 Å². The van der Waals surface area contributed by atoms with Gasteiger partial charge in [0.2, 0.25) is 0 Å². The van der Waals surface area contributed by atoms with Crippen molar-refractivity contribution in [2.24, 2.45) is 5.73 Å². The van der Waals surface area contributed by atoms with Gasteiger partial charge in [-0.1, -0.05) is 19.9 Å². The van der Waals surface area contributed by atoms with Crippen LogP contribution in [0, 0.1) is 12.7 Å². The minimum Gasteiger partial charge on any atom is -0.344 e. The second-order valence-corrected chi connectivity index (χ2v) is 7.14. The van der Waals surface area contributed by atoms with Gasteiger partial charge in [-0.2, -0.15) is 5.10 Å². The maximum absolute atomic E-state index is 14.5. The predicted molar refractivity (Wildman–Crippen MR) is 100 cm³/mol. The lowest BCUT2D eigenvalue weighted by atomic mass is 9.92. The van der Waals surface area contributed by atoms with E-state index >= 15 is 0 Å². The Morgan fingerprint density at radius 3 is 2.69 bits per heavy atom. The van der Waals surface area contributed by atoms with Crippen molar-refractivity contribution in [1.82, 2.24) is 15.1 Å². The molecule has 0 atom stereocenters. The third kappa shape index (κ3) is 3.14. The number of benzene rings is 1. The summed E-state index contributed by atoms with van der Waals surface area (Å²) in [7, 11) is 0. The van der Waals surface area contributed by atoms with E-state index < -0.39 is 5.54 Å². The third-order valence-corrected chi connectivity index (χ3v) is 5.60. The summed E-state index contributed by atoms with van der Waals surface area (Å²) in [6.07, 6.45) is 4.04. The molecule has 1 aliphatic rings. The molecule has 3 rings (SSSR count). The molecule has 1 aliphatic carbocycles. The number of nitrogens with two attached hydrogens (primary N) is 1. The van der Waals surface area contributed by atoms with Crippen molar-refractivity contribution in [1.29, 1.82) is 0 Å². The fourth-order valence-electron chi connectivity index (χ4n) is 3.67. The highest BCUT2D eigenvalue weighted by Crippen LogP contribution is 2.29. The number of carbonyl (C=O) groups is 1. The van der Waals surface area contributed by atoms with Gasteiger partial charge >= 0.3 is 0 Å². The molecule has 5 nitrogen and oxygen atoms in total. The zero-order chi connectivity index (χ0) is 18.9. The summed E-state index contributed by atoms with van der Waals surface area (Å²) in [5.74, 6) is -0.545. The van der Waals surface area contributed by atoms with Gasteiger partial charge in [-0.05, 0) is 56.7 Å². The fourth-order valence-corrected chi connectivity index (χ4v) is 3.67. The lowest BCUT2D eigenvalue weighted by molar-refractivity contribution is 0.0888. The van der Waals surface area contributed by atoms with Crippen LogP contribution in [0.4, 0.5) is 4.39 Å². The van der Waals surface area contributed by atoms with E-state index in [9.17, 15) is 9.18 Å². The van der Waals surface area contributed by atoms with Crippen molar-refractivity contribution in [3.63, 3.8) is 0 Å². The Balaban J connectivity index is 2.01. The van der Waals surface area contributed by atoms with Crippen molar-refractivity contribution in [3.05, 3.63) is 46.5 Å². The van der Waals surface area contributed by atoms with E-state index in [1.54, 1.807) is 10.7 Å². The SMILES string of the molecule is CCC(CC)(CN)NC(=O)c1nn(-c2ccc(C)cc2F)c2c1CCC2. The van der Waals surface area contributed by atoms with Crippen molar-refractivity contribution < 1.29 is 9.18 Å². The molecule has 0 spiro atoms. The minimum atomic E-state index is -0.429. The summed E-state index contributed by atoms with van der Waals surface area (Å²) in [4.78, 5) is 12.9. The molecule has 6 heteroatoms. The molecular weight excluding hydrogens is 331 g/mol. The van der Waals surface area contributed by atoms with Gasteiger partial charge in [0.15, 0.2) is 5.69 Å². The quantitative estimate of drug-likeness (QED) is 0.833. The lowest BCUT2D eigenvalue weighted by Crippen LogP contribution is -2.53. The van der Waals surface area contributed by atoms with Crippen LogP contribution in [-0.4, -0.2) is 27.8 Å². The zero-order valence-corrected chi connectivity index (χ0v) is 15.7. The highest BCUT2D eigenvalue weighted by molar-refractivity contribution is 5.94. The van der Waals surface area contributed by atoms with Gasteiger partial charge < -0.3 is 11.1 Å². The van der Waals surface area contributed by atoms with Crippen LogP contribution in [0.5, 0.6) is 0 Å². The fraction of sp³-hybridized carbons (Fsp3) is 0.500. The Kier molecular flexibility index (Phi) is 5.14. The zero-order valence-electron chi connectivity index (χ0n) is 15.7. The average molecular weight is 358 g/mol. The molecule has 0 bridgehead atoms. The average Bonchev–Trinajstić information content (AvgIpc) is 3.23. The number of fused-ring (bicyclic) bond motifs is 1. The number of aryl methyl sites for hydroxylation is 1. The first kappa shape index (κ1) is 18.6. The molecule has 2 aromatic rings. The van der Waals surface area contributed by atoms with Crippen LogP contribution < -0.4 is 11.1 Å². The number of halogens is 1. The number of carbonyl (C=O) groups excluding carboxylic acids is 1. The molecule has 140 valence electrons. The van der Waals surface area contributed by atoms with Crippen LogP contribution in [0.1, 0.15) is 60.4 Å². The second-order valence-electron chi connectivity index (χ2n) is 7.14. The summed E-state index contributed by atoms with van der Waals surface area (Å²) in [6, 6.07) is 5.07. The van der Waals surface area contributed by atoms with E-state index in [4.69, 9.17) is 5.73 Å². The highest BCUT2D eigenvalue weighted by atomic mass is 19.1. The Hall–Kier alpha value is -2.21. The Morgan fingerprint density at radius 1 is 1.35 bits per heavy atom. The van der Waals surface area contributed by atoms with Crippen LogP contribution in [0.2, 0.25) is 0 Å². The van der Waals surface area contributed by atoms with Crippen LogP contribution >= 0.6 is 0 Å². The van der Waals surface area contributed by atoms with Crippen molar-refractivity contribution in [2.45, 2.75) is 58.4 Å². The number of amides is 1. The normalized spacial score (nSPS) is 13.7. The van der Waals surface area contributed by atoms with Gasteiger partial charge in [0.05, 0.1) is 5.54 Å². The molecule has 3 N–H and O–H groups in total. The van der Waals surface area contributed by atoms with Crippen molar-refractivity contribution in [3.8, 4) is 5.69 Å². The summed E-state index contributed by atoms with van der Waals surface area (Å²) in [6.45, 7) is 6.26.